The van der Waals surface area contributed by atoms with Gasteiger partial charge in [0.05, 0.1) is 5.56 Å². The van der Waals surface area contributed by atoms with Crippen molar-refractivity contribution in [3.8, 4) is 0 Å². The average Bonchev–Trinajstić information content (AvgIpc) is 2.34. The summed E-state index contributed by atoms with van der Waals surface area (Å²) in [7, 11) is 3.70. The van der Waals surface area contributed by atoms with Crippen LogP contribution < -0.4 is 5.32 Å². The second-order valence-electron chi connectivity index (χ2n) is 5.75. The lowest BCUT2D eigenvalue weighted by molar-refractivity contribution is 0.0630. The Morgan fingerprint density at radius 3 is 2.33 bits per heavy atom. The molecule has 1 N–H and O–H groups in total. The van der Waals surface area contributed by atoms with E-state index in [2.05, 4.69) is 33.0 Å². The fourth-order valence-corrected chi connectivity index (χ4v) is 1.83. The number of anilines is 1. The van der Waals surface area contributed by atoms with Gasteiger partial charge >= 0.3 is 0 Å². The van der Waals surface area contributed by atoms with Crippen LogP contribution in [0.5, 0.6) is 0 Å². The smallest absolute Gasteiger partial charge is 0.255 e. The van der Waals surface area contributed by atoms with Crippen LogP contribution in [0.4, 0.5) is 5.69 Å². The Morgan fingerprint density at radius 1 is 1.28 bits per heavy atom. The predicted molar refractivity (Wildman–Crippen MR) is 77.0 cm³/mol. The molecule has 0 spiro atoms. The van der Waals surface area contributed by atoms with Crippen LogP contribution >= 0.6 is 0 Å². The predicted octanol–water partition coefficient (Wildman–Crippen LogP) is 3.23. The van der Waals surface area contributed by atoms with E-state index in [1.54, 1.807) is 0 Å². The van der Waals surface area contributed by atoms with E-state index in [0.29, 0.717) is 0 Å². The van der Waals surface area contributed by atoms with Gasteiger partial charge in [-0.3, -0.25) is 4.79 Å². The molecule has 1 aromatic rings. The molecule has 0 fully saturated rings. The van der Waals surface area contributed by atoms with Crippen LogP contribution in [0.25, 0.3) is 0 Å². The van der Waals surface area contributed by atoms with Gasteiger partial charge in [0, 0.05) is 25.8 Å². The molecule has 1 aromatic carbocycles. The van der Waals surface area contributed by atoms with E-state index in [0.717, 1.165) is 11.3 Å². The number of carbonyl (C=O) groups is 1. The quantitative estimate of drug-likeness (QED) is 0.890. The minimum atomic E-state index is 0.0578. The van der Waals surface area contributed by atoms with Crippen LogP contribution in [0.2, 0.25) is 0 Å². The van der Waals surface area contributed by atoms with E-state index < -0.39 is 0 Å². The first-order valence-electron chi connectivity index (χ1n) is 6.33. The zero-order valence-electron chi connectivity index (χ0n) is 12.2. The van der Waals surface area contributed by atoms with Crippen LogP contribution in [0, 0.1) is 5.41 Å². The Morgan fingerprint density at radius 2 is 1.83 bits per heavy atom. The maximum Gasteiger partial charge on any atom is 0.255 e. The Hall–Kier alpha value is -1.51. The van der Waals surface area contributed by atoms with Crippen molar-refractivity contribution in [2.45, 2.75) is 33.7 Å². The molecule has 0 aliphatic rings. The molecule has 3 nitrogen and oxygen atoms in total. The number of nitrogens with one attached hydrogen (secondary N) is 1. The summed E-state index contributed by atoms with van der Waals surface area (Å²) in [6.07, 6.45) is 0. The molecule has 18 heavy (non-hydrogen) atoms. The van der Waals surface area contributed by atoms with E-state index in [4.69, 9.17) is 0 Å². The van der Waals surface area contributed by atoms with Gasteiger partial charge in [0.15, 0.2) is 0 Å². The number of benzene rings is 1. The third-order valence-corrected chi connectivity index (χ3v) is 3.58. The zero-order valence-corrected chi connectivity index (χ0v) is 12.2. The molecule has 100 valence electrons. The summed E-state index contributed by atoms with van der Waals surface area (Å²) in [6, 6.07) is 7.78. The number of carbonyl (C=O) groups excluding carboxylic acids is 1. The molecule has 3 heteroatoms. The van der Waals surface area contributed by atoms with Crippen molar-refractivity contribution in [2.24, 2.45) is 5.41 Å². The Bertz CT molecular complexity index is 421. The lowest BCUT2D eigenvalue weighted by Gasteiger charge is -2.35. The molecule has 0 bridgehead atoms. The van der Waals surface area contributed by atoms with Gasteiger partial charge < -0.3 is 10.2 Å². The summed E-state index contributed by atoms with van der Waals surface area (Å²) in [5.74, 6) is 0.0578. The third kappa shape index (κ3) is 3.03. The van der Waals surface area contributed by atoms with Crippen molar-refractivity contribution in [1.29, 1.82) is 0 Å². The topological polar surface area (TPSA) is 32.3 Å². The molecule has 0 aliphatic carbocycles. The number of para-hydroxylation sites is 1. The Kier molecular flexibility index (Phi) is 4.38. The van der Waals surface area contributed by atoms with E-state index >= 15 is 0 Å². The highest BCUT2D eigenvalue weighted by molar-refractivity contribution is 5.99. The highest BCUT2D eigenvalue weighted by atomic mass is 16.2. The summed E-state index contributed by atoms with van der Waals surface area (Å²) >= 11 is 0. The minimum Gasteiger partial charge on any atom is -0.387 e. The first-order chi connectivity index (χ1) is 8.29. The van der Waals surface area contributed by atoms with E-state index in [-0.39, 0.29) is 17.4 Å². The first kappa shape index (κ1) is 14.6. The number of hydrogen-bond donors (Lipinski definition) is 1. The Balaban J connectivity index is 3.00. The molecule has 1 unspecified atom stereocenters. The summed E-state index contributed by atoms with van der Waals surface area (Å²) in [6.45, 7) is 8.52. The van der Waals surface area contributed by atoms with Crippen molar-refractivity contribution >= 4 is 11.6 Å². The van der Waals surface area contributed by atoms with Gasteiger partial charge in [-0.15, -0.1) is 0 Å². The lowest BCUT2D eigenvalue weighted by Crippen LogP contribution is -2.43. The largest absolute Gasteiger partial charge is 0.387 e. The average molecular weight is 248 g/mol. The maximum atomic E-state index is 12.5. The minimum absolute atomic E-state index is 0.0578. The van der Waals surface area contributed by atoms with E-state index in [9.17, 15) is 4.79 Å². The van der Waals surface area contributed by atoms with Crippen molar-refractivity contribution in [1.82, 2.24) is 4.90 Å². The second-order valence-corrected chi connectivity index (χ2v) is 5.75. The normalized spacial score (nSPS) is 13.0. The van der Waals surface area contributed by atoms with Crippen molar-refractivity contribution < 1.29 is 4.79 Å². The molecule has 0 saturated carbocycles. The summed E-state index contributed by atoms with van der Waals surface area (Å²) < 4.78 is 0. The van der Waals surface area contributed by atoms with Gasteiger partial charge in [0.1, 0.15) is 0 Å². The van der Waals surface area contributed by atoms with Crippen LogP contribution in [0.1, 0.15) is 38.1 Å². The first-order valence-corrected chi connectivity index (χ1v) is 6.33. The molecule has 0 aromatic heterocycles. The third-order valence-electron chi connectivity index (χ3n) is 3.58. The number of amides is 1. The number of nitrogens with zero attached hydrogens (tertiary/aromatic N) is 1. The van der Waals surface area contributed by atoms with Crippen LogP contribution in [-0.4, -0.2) is 30.9 Å². The van der Waals surface area contributed by atoms with E-state index in [1.165, 1.54) is 0 Å². The highest BCUT2D eigenvalue weighted by Gasteiger charge is 2.28. The molecule has 0 radical (unpaired) electrons. The highest BCUT2D eigenvalue weighted by Crippen LogP contribution is 2.25. The summed E-state index contributed by atoms with van der Waals surface area (Å²) in [5.41, 5.74) is 1.66. The fourth-order valence-electron chi connectivity index (χ4n) is 1.83. The monoisotopic (exact) mass is 248 g/mol. The van der Waals surface area contributed by atoms with Crippen LogP contribution in [0.3, 0.4) is 0 Å². The molecule has 1 amide bonds. The molecule has 1 rings (SSSR count). The summed E-state index contributed by atoms with van der Waals surface area (Å²) in [4.78, 5) is 14.3. The van der Waals surface area contributed by atoms with Crippen molar-refractivity contribution in [3.05, 3.63) is 29.8 Å². The number of hydrogen-bond acceptors (Lipinski definition) is 2. The Labute approximate surface area is 110 Å². The van der Waals surface area contributed by atoms with Crippen LogP contribution in [-0.2, 0) is 0 Å². The van der Waals surface area contributed by atoms with Crippen LogP contribution in [0.15, 0.2) is 24.3 Å². The van der Waals surface area contributed by atoms with Gasteiger partial charge in [0.2, 0.25) is 0 Å². The second kappa shape index (κ2) is 5.42. The van der Waals surface area contributed by atoms with E-state index in [1.807, 2.05) is 43.3 Å². The SMILES string of the molecule is CNc1ccccc1C(=O)N(C)C(C)C(C)(C)C. The molecule has 0 heterocycles. The summed E-state index contributed by atoms with van der Waals surface area (Å²) in [5, 5.41) is 3.06. The molecular formula is C15H24N2O. The van der Waals surface area contributed by atoms with Gasteiger partial charge in [0.25, 0.3) is 5.91 Å². The van der Waals surface area contributed by atoms with Crippen molar-refractivity contribution in [2.75, 3.05) is 19.4 Å². The zero-order chi connectivity index (χ0) is 13.9. The molecule has 0 saturated heterocycles. The molecular weight excluding hydrogens is 224 g/mol. The fraction of sp³-hybridized carbons (Fsp3) is 0.533. The molecule has 1 atom stereocenters. The van der Waals surface area contributed by atoms with Crippen molar-refractivity contribution in [3.63, 3.8) is 0 Å². The van der Waals surface area contributed by atoms with Gasteiger partial charge in [-0.2, -0.15) is 0 Å². The standard InChI is InChI=1S/C15H24N2O/c1-11(15(2,3)4)17(6)14(18)12-9-7-8-10-13(12)16-5/h7-11,16H,1-6H3. The lowest BCUT2D eigenvalue weighted by atomic mass is 9.87. The molecule has 0 aliphatic heterocycles. The number of rotatable bonds is 3. The van der Waals surface area contributed by atoms with Gasteiger partial charge in [-0.1, -0.05) is 32.9 Å². The maximum absolute atomic E-state index is 12.5. The van der Waals surface area contributed by atoms with Gasteiger partial charge in [-0.25, -0.2) is 0 Å². The van der Waals surface area contributed by atoms with Gasteiger partial charge in [-0.05, 0) is 24.5 Å².